The number of fused-ring (bicyclic) bond motifs is 6. The fourth-order valence-corrected chi connectivity index (χ4v) is 5.70. The lowest BCUT2D eigenvalue weighted by Crippen LogP contribution is -2.13. The molecule has 2 aromatic heterocycles. The van der Waals surface area contributed by atoms with Gasteiger partial charge in [0.05, 0.1) is 10.2 Å². The number of nitrogens with zero attached hydrogens (tertiary/aromatic N) is 2. The summed E-state index contributed by atoms with van der Waals surface area (Å²) in [6, 6.07) is 0.701. The SMILES string of the molecule is Cc1csc2c(NC3C4C5CCC(C5)C34)ncnc12. The van der Waals surface area contributed by atoms with Crippen LogP contribution < -0.4 is 5.32 Å². The minimum atomic E-state index is 0.701. The summed E-state index contributed by atoms with van der Waals surface area (Å²) >= 11 is 1.77. The highest BCUT2D eigenvalue weighted by Gasteiger charge is 2.65. The van der Waals surface area contributed by atoms with Crippen molar-refractivity contribution >= 4 is 27.4 Å². The highest BCUT2D eigenvalue weighted by Crippen LogP contribution is 2.66. The first-order chi connectivity index (χ1) is 9.33. The maximum Gasteiger partial charge on any atom is 0.147 e. The van der Waals surface area contributed by atoms with E-state index in [1.54, 1.807) is 17.7 Å². The Morgan fingerprint density at radius 2 is 2.00 bits per heavy atom. The van der Waals surface area contributed by atoms with Gasteiger partial charge in [0.1, 0.15) is 12.1 Å². The van der Waals surface area contributed by atoms with Gasteiger partial charge in [-0.25, -0.2) is 9.97 Å². The first-order valence-corrected chi connectivity index (χ1v) is 8.16. The van der Waals surface area contributed by atoms with Gasteiger partial charge < -0.3 is 5.32 Å². The van der Waals surface area contributed by atoms with Gasteiger partial charge in [0.15, 0.2) is 0 Å². The number of thiophene rings is 1. The van der Waals surface area contributed by atoms with E-state index in [2.05, 4.69) is 27.6 Å². The van der Waals surface area contributed by atoms with Gasteiger partial charge >= 0.3 is 0 Å². The Morgan fingerprint density at radius 1 is 1.21 bits per heavy atom. The minimum absolute atomic E-state index is 0.701. The lowest BCUT2D eigenvalue weighted by molar-refractivity contribution is 0.456. The van der Waals surface area contributed by atoms with E-state index in [4.69, 9.17) is 0 Å². The highest BCUT2D eigenvalue weighted by molar-refractivity contribution is 7.18. The first-order valence-electron chi connectivity index (χ1n) is 7.28. The van der Waals surface area contributed by atoms with E-state index in [0.29, 0.717) is 6.04 Å². The minimum Gasteiger partial charge on any atom is -0.365 e. The molecule has 3 fully saturated rings. The maximum absolute atomic E-state index is 4.49. The normalized spacial score (nSPS) is 38.7. The molecule has 19 heavy (non-hydrogen) atoms. The van der Waals surface area contributed by atoms with Gasteiger partial charge in [-0.05, 0) is 60.8 Å². The van der Waals surface area contributed by atoms with E-state index < -0.39 is 0 Å². The van der Waals surface area contributed by atoms with Gasteiger partial charge in [-0.2, -0.15) is 0 Å². The van der Waals surface area contributed by atoms with E-state index in [-0.39, 0.29) is 0 Å². The Labute approximate surface area is 116 Å². The monoisotopic (exact) mass is 271 g/mol. The molecule has 2 aromatic rings. The molecule has 0 aromatic carbocycles. The molecule has 0 spiro atoms. The van der Waals surface area contributed by atoms with Crippen LogP contribution in [0.25, 0.3) is 10.2 Å². The summed E-state index contributed by atoms with van der Waals surface area (Å²) in [5, 5.41) is 5.92. The molecule has 3 saturated carbocycles. The van der Waals surface area contributed by atoms with E-state index in [1.165, 1.54) is 29.5 Å². The van der Waals surface area contributed by atoms with Crippen molar-refractivity contribution in [2.24, 2.45) is 23.7 Å². The standard InChI is InChI=1S/C15H17N3S/c1-7-5-19-14-12(7)16-6-17-15(14)18-13-10-8-2-3-9(4-8)11(10)13/h5-6,8-11,13H,2-4H2,1H3,(H,16,17,18). The summed E-state index contributed by atoms with van der Waals surface area (Å²) in [6.45, 7) is 2.13. The number of hydrogen-bond donors (Lipinski definition) is 1. The smallest absolute Gasteiger partial charge is 0.147 e. The molecule has 3 aliphatic rings. The molecule has 2 heterocycles. The quantitative estimate of drug-likeness (QED) is 0.909. The van der Waals surface area contributed by atoms with Crippen LogP contribution in [0.15, 0.2) is 11.7 Å². The molecule has 4 atom stereocenters. The molecular formula is C15H17N3S. The van der Waals surface area contributed by atoms with Crippen LogP contribution in [0.2, 0.25) is 0 Å². The van der Waals surface area contributed by atoms with Crippen LogP contribution >= 0.6 is 11.3 Å². The van der Waals surface area contributed by atoms with Gasteiger partial charge in [0, 0.05) is 6.04 Å². The van der Waals surface area contributed by atoms with Crippen molar-refractivity contribution in [3.8, 4) is 0 Å². The molecule has 5 rings (SSSR count). The second kappa shape index (κ2) is 3.48. The van der Waals surface area contributed by atoms with Crippen molar-refractivity contribution in [1.29, 1.82) is 0 Å². The average molecular weight is 271 g/mol. The van der Waals surface area contributed by atoms with Gasteiger partial charge in [-0.1, -0.05) is 0 Å². The third kappa shape index (κ3) is 1.33. The van der Waals surface area contributed by atoms with E-state index in [1.807, 2.05) is 0 Å². The van der Waals surface area contributed by atoms with Gasteiger partial charge in [0.2, 0.25) is 0 Å². The Hall–Kier alpha value is -1.16. The first kappa shape index (κ1) is 10.6. The third-order valence-corrected chi connectivity index (χ3v) is 6.66. The van der Waals surface area contributed by atoms with E-state index >= 15 is 0 Å². The van der Waals surface area contributed by atoms with Crippen LogP contribution in [0.5, 0.6) is 0 Å². The molecule has 0 saturated heterocycles. The molecule has 98 valence electrons. The Morgan fingerprint density at radius 3 is 2.79 bits per heavy atom. The Kier molecular flexibility index (Phi) is 1.94. The fourth-order valence-electron chi connectivity index (χ4n) is 4.75. The van der Waals surface area contributed by atoms with Crippen LogP contribution in [-0.4, -0.2) is 16.0 Å². The van der Waals surface area contributed by atoms with Crippen molar-refractivity contribution in [3.63, 3.8) is 0 Å². The Balaban J connectivity index is 1.48. The number of aromatic nitrogens is 2. The van der Waals surface area contributed by atoms with Crippen LogP contribution in [0.1, 0.15) is 24.8 Å². The van der Waals surface area contributed by atoms with Crippen molar-refractivity contribution in [1.82, 2.24) is 9.97 Å². The van der Waals surface area contributed by atoms with E-state index in [9.17, 15) is 0 Å². The number of aryl methyl sites for hydroxylation is 1. The molecule has 0 amide bonds. The zero-order valence-corrected chi connectivity index (χ0v) is 11.8. The van der Waals surface area contributed by atoms with Gasteiger partial charge in [-0.3, -0.25) is 0 Å². The predicted molar refractivity (Wildman–Crippen MR) is 77.4 cm³/mol. The Bertz CT molecular complexity index is 648. The zero-order valence-electron chi connectivity index (χ0n) is 11.0. The molecule has 4 unspecified atom stereocenters. The summed E-state index contributed by atoms with van der Waals surface area (Å²) in [6.07, 6.45) is 6.16. The predicted octanol–water partition coefficient (Wildman–Crippen LogP) is 3.46. The molecule has 2 bridgehead atoms. The third-order valence-electron chi connectivity index (χ3n) is 5.57. The number of anilines is 1. The van der Waals surface area contributed by atoms with E-state index in [0.717, 1.165) is 35.0 Å². The summed E-state index contributed by atoms with van der Waals surface area (Å²) in [7, 11) is 0. The van der Waals surface area contributed by atoms with Gasteiger partial charge in [-0.15, -0.1) is 11.3 Å². The van der Waals surface area contributed by atoms with Crippen molar-refractivity contribution in [2.45, 2.75) is 32.2 Å². The highest BCUT2D eigenvalue weighted by atomic mass is 32.1. The fraction of sp³-hybridized carbons (Fsp3) is 0.600. The van der Waals surface area contributed by atoms with Crippen LogP contribution in [0.3, 0.4) is 0 Å². The number of hydrogen-bond acceptors (Lipinski definition) is 4. The van der Waals surface area contributed by atoms with Crippen LogP contribution in [0.4, 0.5) is 5.82 Å². The summed E-state index contributed by atoms with van der Waals surface area (Å²) < 4.78 is 1.23. The molecule has 3 nitrogen and oxygen atoms in total. The van der Waals surface area contributed by atoms with Crippen LogP contribution in [-0.2, 0) is 0 Å². The molecule has 0 radical (unpaired) electrons. The molecule has 1 N–H and O–H groups in total. The summed E-state index contributed by atoms with van der Waals surface area (Å²) in [5.74, 6) is 4.99. The summed E-state index contributed by atoms with van der Waals surface area (Å²) in [5.41, 5.74) is 2.39. The summed E-state index contributed by atoms with van der Waals surface area (Å²) in [4.78, 5) is 8.89. The molecule has 3 aliphatic carbocycles. The van der Waals surface area contributed by atoms with Crippen molar-refractivity contribution in [3.05, 3.63) is 17.3 Å². The van der Waals surface area contributed by atoms with Crippen molar-refractivity contribution in [2.75, 3.05) is 5.32 Å². The second-order valence-corrected chi connectivity index (χ2v) is 7.36. The topological polar surface area (TPSA) is 37.8 Å². The largest absolute Gasteiger partial charge is 0.365 e. The zero-order chi connectivity index (χ0) is 12.6. The van der Waals surface area contributed by atoms with Gasteiger partial charge in [0.25, 0.3) is 0 Å². The molecule has 0 aliphatic heterocycles. The molecular weight excluding hydrogens is 254 g/mol. The van der Waals surface area contributed by atoms with Crippen LogP contribution in [0, 0.1) is 30.6 Å². The van der Waals surface area contributed by atoms with Crippen molar-refractivity contribution < 1.29 is 0 Å². The maximum atomic E-state index is 4.49. The molecule has 4 heteroatoms. The lowest BCUT2D eigenvalue weighted by Gasteiger charge is -2.11. The average Bonchev–Trinajstić information content (AvgIpc) is 2.82. The second-order valence-electron chi connectivity index (χ2n) is 6.48. The lowest BCUT2D eigenvalue weighted by atomic mass is 10.0. The number of nitrogens with one attached hydrogen (secondary N) is 1. The number of rotatable bonds is 2.